The zero-order chi connectivity index (χ0) is 11.7. The van der Waals surface area contributed by atoms with Crippen LogP contribution in [0.2, 0.25) is 0 Å². The lowest BCUT2D eigenvalue weighted by atomic mass is 10.0. The molecule has 4 heteroatoms. The van der Waals surface area contributed by atoms with Crippen molar-refractivity contribution in [1.82, 2.24) is 15.1 Å². The molecule has 2 rings (SSSR count). The van der Waals surface area contributed by atoms with E-state index in [0.29, 0.717) is 6.04 Å². The van der Waals surface area contributed by atoms with E-state index in [4.69, 9.17) is 0 Å². The van der Waals surface area contributed by atoms with E-state index >= 15 is 0 Å². The molecule has 0 aliphatic carbocycles. The number of hydrogen-bond acceptors (Lipinski definition) is 3. The highest BCUT2D eigenvalue weighted by Crippen LogP contribution is 2.22. The van der Waals surface area contributed by atoms with E-state index in [1.54, 1.807) is 0 Å². The molecular formula is C12H23N3O. The van der Waals surface area contributed by atoms with Crippen LogP contribution in [0.15, 0.2) is 0 Å². The molecular weight excluding hydrogens is 202 g/mol. The van der Waals surface area contributed by atoms with Crippen LogP contribution in [0.5, 0.6) is 0 Å². The van der Waals surface area contributed by atoms with Gasteiger partial charge in [0.25, 0.3) is 0 Å². The van der Waals surface area contributed by atoms with Gasteiger partial charge in [0.05, 0.1) is 12.2 Å². The fourth-order valence-corrected chi connectivity index (χ4v) is 2.93. The SMILES string of the molecule is CCC1NC(C)C(=O)N1C1CCCN(C)C1. The van der Waals surface area contributed by atoms with Gasteiger partial charge in [-0.3, -0.25) is 10.1 Å². The monoisotopic (exact) mass is 225 g/mol. The number of likely N-dealkylation sites (tertiary alicyclic amines) is 1. The average Bonchev–Trinajstić information content (AvgIpc) is 2.55. The van der Waals surface area contributed by atoms with E-state index < -0.39 is 0 Å². The van der Waals surface area contributed by atoms with Gasteiger partial charge < -0.3 is 9.80 Å². The van der Waals surface area contributed by atoms with Gasteiger partial charge in [-0.2, -0.15) is 0 Å². The van der Waals surface area contributed by atoms with Crippen LogP contribution in [0, 0.1) is 0 Å². The minimum Gasteiger partial charge on any atom is -0.322 e. The number of carbonyl (C=O) groups is 1. The van der Waals surface area contributed by atoms with Gasteiger partial charge >= 0.3 is 0 Å². The Labute approximate surface area is 98.0 Å². The third kappa shape index (κ3) is 2.09. The van der Waals surface area contributed by atoms with Crippen molar-refractivity contribution in [2.24, 2.45) is 0 Å². The third-order valence-electron chi connectivity index (χ3n) is 3.78. The van der Waals surface area contributed by atoms with E-state index in [-0.39, 0.29) is 18.1 Å². The van der Waals surface area contributed by atoms with E-state index in [2.05, 4.69) is 29.1 Å². The Morgan fingerprint density at radius 2 is 2.25 bits per heavy atom. The van der Waals surface area contributed by atoms with Crippen molar-refractivity contribution < 1.29 is 4.79 Å². The second kappa shape index (κ2) is 4.72. The molecule has 0 radical (unpaired) electrons. The summed E-state index contributed by atoms with van der Waals surface area (Å²) in [6.45, 7) is 6.30. The van der Waals surface area contributed by atoms with Gasteiger partial charge in [-0.05, 0) is 39.8 Å². The van der Waals surface area contributed by atoms with E-state index in [0.717, 1.165) is 25.9 Å². The molecule has 2 fully saturated rings. The van der Waals surface area contributed by atoms with Crippen LogP contribution in [0.4, 0.5) is 0 Å². The summed E-state index contributed by atoms with van der Waals surface area (Å²) >= 11 is 0. The summed E-state index contributed by atoms with van der Waals surface area (Å²) in [5.74, 6) is 0.284. The molecule has 0 aromatic rings. The van der Waals surface area contributed by atoms with Crippen LogP contribution in [0.3, 0.4) is 0 Å². The Balaban J connectivity index is 2.08. The summed E-state index contributed by atoms with van der Waals surface area (Å²) < 4.78 is 0. The lowest BCUT2D eigenvalue weighted by Crippen LogP contribution is -2.51. The number of carbonyl (C=O) groups excluding carboxylic acids is 1. The standard InChI is InChI=1S/C12H23N3O/c1-4-11-13-9(2)12(16)15(11)10-6-5-7-14(3)8-10/h9-11,13H,4-8H2,1-3H3. The summed E-state index contributed by atoms with van der Waals surface area (Å²) in [6.07, 6.45) is 3.60. The maximum absolute atomic E-state index is 12.1. The minimum atomic E-state index is -0.00261. The Kier molecular flexibility index (Phi) is 3.50. The quantitative estimate of drug-likeness (QED) is 0.749. The highest BCUT2D eigenvalue weighted by Gasteiger charge is 2.40. The summed E-state index contributed by atoms with van der Waals surface area (Å²) in [5.41, 5.74) is 0. The molecule has 2 saturated heterocycles. The van der Waals surface area contributed by atoms with Crippen LogP contribution < -0.4 is 5.32 Å². The second-order valence-electron chi connectivity index (χ2n) is 5.12. The smallest absolute Gasteiger partial charge is 0.241 e. The van der Waals surface area contributed by atoms with Crippen molar-refractivity contribution in [3.05, 3.63) is 0 Å². The normalized spacial score (nSPS) is 37.1. The first-order valence-corrected chi connectivity index (χ1v) is 6.40. The average molecular weight is 225 g/mol. The highest BCUT2D eigenvalue weighted by atomic mass is 16.2. The predicted octanol–water partition coefficient (Wildman–Crippen LogP) is 0.637. The maximum Gasteiger partial charge on any atom is 0.241 e. The molecule has 3 unspecified atom stereocenters. The van der Waals surface area contributed by atoms with Gasteiger partial charge in [-0.25, -0.2) is 0 Å². The van der Waals surface area contributed by atoms with Crippen molar-refractivity contribution in [2.75, 3.05) is 20.1 Å². The molecule has 1 N–H and O–H groups in total. The van der Waals surface area contributed by atoms with Gasteiger partial charge in [-0.1, -0.05) is 6.92 Å². The molecule has 2 heterocycles. The summed E-state index contributed by atoms with van der Waals surface area (Å²) in [4.78, 5) is 16.6. The van der Waals surface area contributed by atoms with Crippen LogP contribution in [-0.4, -0.2) is 54.1 Å². The molecule has 1 amide bonds. The molecule has 0 aromatic heterocycles. The maximum atomic E-state index is 12.1. The molecule has 0 bridgehead atoms. The lowest BCUT2D eigenvalue weighted by Gasteiger charge is -2.38. The first-order chi connectivity index (χ1) is 7.63. The van der Waals surface area contributed by atoms with Gasteiger partial charge in [0.2, 0.25) is 5.91 Å². The Morgan fingerprint density at radius 1 is 1.50 bits per heavy atom. The minimum absolute atomic E-state index is 0.00261. The fraction of sp³-hybridized carbons (Fsp3) is 0.917. The fourth-order valence-electron chi connectivity index (χ4n) is 2.93. The molecule has 0 spiro atoms. The van der Waals surface area contributed by atoms with Gasteiger partial charge in [0.15, 0.2) is 0 Å². The first-order valence-electron chi connectivity index (χ1n) is 6.40. The summed E-state index contributed by atoms with van der Waals surface area (Å²) in [5, 5.41) is 3.37. The number of hydrogen-bond donors (Lipinski definition) is 1. The van der Waals surface area contributed by atoms with Crippen LogP contribution in [0.25, 0.3) is 0 Å². The Bertz CT molecular complexity index is 269. The van der Waals surface area contributed by atoms with E-state index in [1.165, 1.54) is 6.42 Å². The zero-order valence-electron chi connectivity index (χ0n) is 10.6. The molecule has 16 heavy (non-hydrogen) atoms. The van der Waals surface area contributed by atoms with Crippen LogP contribution >= 0.6 is 0 Å². The molecule has 0 saturated carbocycles. The van der Waals surface area contributed by atoms with E-state index in [9.17, 15) is 4.79 Å². The van der Waals surface area contributed by atoms with Crippen molar-refractivity contribution in [3.63, 3.8) is 0 Å². The Hall–Kier alpha value is -0.610. The topological polar surface area (TPSA) is 35.6 Å². The zero-order valence-corrected chi connectivity index (χ0v) is 10.6. The van der Waals surface area contributed by atoms with Crippen molar-refractivity contribution in [2.45, 2.75) is 51.4 Å². The molecule has 2 aliphatic rings. The lowest BCUT2D eigenvalue weighted by molar-refractivity contribution is -0.133. The molecule has 4 nitrogen and oxygen atoms in total. The molecule has 2 aliphatic heterocycles. The molecule has 92 valence electrons. The molecule has 0 aromatic carbocycles. The number of piperidine rings is 1. The molecule has 3 atom stereocenters. The van der Waals surface area contributed by atoms with E-state index in [1.807, 2.05) is 6.92 Å². The van der Waals surface area contributed by atoms with Crippen molar-refractivity contribution >= 4 is 5.91 Å². The summed E-state index contributed by atoms with van der Waals surface area (Å²) in [7, 11) is 2.14. The number of nitrogens with one attached hydrogen (secondary N) is 1. The van der Waals surface area contributed by atoms with Gasteiger partial charge in [0, 0.05) is 12.6 Å². The Morgan fingerprint density at radius 3 is 2.88 bits per heavy atom. The summed E-state index contributed by atoms with van der Waals surface area (Å²) in [6, 6.07) is 0.408. The van der Waals surface area contributed by atoms with Gasteiger partial charge in [0.1, 0.15) is 0 Å². The number of rotatable bonds is 2. The van der Waals surface area contributed by atoms with Crippen LogP contribution in [0.1, 0.15) is 33.1 Å². The van der Waals surface area contributed by atoms with Gasteiger partial charge in [-0.15, -0.1) is 0 Å². The number of nitrogens with zero attached hydrogens (tertiary/aromatic N) is 2. The van der Waals surface area contributed by atoms with Crippen molar-refractivity contribution in [3.8, 4) is 0 Å². The third-order valence-corrected chi connectivity index (χ3v) is 3.78. The number of amides is 1. The first kappa shape index (κ1) is 11.9. The largest absolute Gasteiger partial charge is 0.322 e. The highest BCUT2D eigenvalue weighted by molar-refractivity contribution is 5.84. The van der Waals surface area contributed by atoms with Crippen LogP contribution in [-0.2, 0) is 4.79 Å². The predicted molar refractivity (Wildman–Crippen MR) is 64.0 cm³/mol. The van der Waals surface area contributed by atoms with Crippen molar-refractivity contribution in [1.29, 1.82) is 0 Å². The second-order valence-corrected chi connectivity index (χ2v) is 5.12. The number of likely N-dealkylation sites (N-methyl/N-ethyl adjacent to an activating group) is 1.